The maximum absolute atomic E-state index is 11.4. The van der Waals surface area contributed by atoms with Crippen molar-refractivity contribution in [1.82, 2.24) is 10.3 Å². The van der Waals surface area contributed by atoms with Gasteiger partial charge in [0.05, 0.1) is 5.69 Å². The van der Waals surface area contributed by atoms with E-state index < -0.39 is 23.9 Å². The Bertz CT molecular complexity index is 498. The molecular weight excluding hydrogens is 276 g/mol. The second kappa shape index (κ2) is 7.14. The number of aromatic nitrogens is 1. The molecule has 0 spiro atoms. The van der Waals surface area contributed by atoms with E-state index in [-0.39, 0.29) is 17.8 Å². The van der Waals surface area contributed by atoms with Crippen molar-refractivity contribution >= 4 is 12.4 Å². The van der Waals surface area contributed by atoms with Gasteiger partial charge >= 0.3 is 6.09 Å². The standard InChI is InChI=1S/C14H20N2O5/c1-14(2,3)21-13(20)16-7-10(18)12(19)11-9(8-17)5-4-6-15-11/h4-6,8,10,12,18-19H,7H2,1-3H3,(H,16,20). The Morgan fingerprint density at radius 2 is 2.14 bits per heavy atom. The van der Waals surface area contributed by atoms with Crippen LogP contribution < -0.4 is 5.32 Å². The number of amides is 1. The van der Waals surface area contributed by atoms with Crippen LogP contribution in [-0.4, -0.2) is 45.8 Å². The molecule has 0 radical (unpaired) electrons. The van der Waals surface area contributed by atoms with Crippen LogP contribution in [0.1, 0.15) is 42.9 Å². The Morgan fingerprint density at radius 1 is 1.48 bits per heavy atom. The average Bonchev–Trinajstić information content (AvgIpc) is 2.42. The van der Waals surface area contributed by atoms with Crippen molar-refractivity contribution in [2.24, 2.45) is 0 Å². The molecule has 1 heterocycles. The van der Waals surface area contributed by atoms with Crippen LogP contribution in [0.3, 0.4) is 0 Å². The van der Waals surface area contributed by atoms with Gasteiger partial charge in [-0.2, -0.15) is 0 Å². The fourth-order valence-electron chi connectivity index (χ4n) is 1.57. The van der Waals surface area contributed by atoms with E-state index in [0.717, 1.165) is 0 Å². The van der Waals surface area contributed by atoms with Crippen LogP contribution in [0.15, 0.2) is 18.3 Å². The van der Waals surface area contributed by atoms with Gasteiger partial charge in [0.2, 0.25) is 0 Å². The molecule has 0 aliphatic heterocycles. The van der Waals surface area contributed by atoms with E-state index in [1.165, 1.54) is 12.3 Å². The summed E-state index contributed by atoms with van der Waals surface area (Å²) in [6, 6.07) is 3.03. The highest BCUT2D eigenvalue weighted by atomic mass is 16.6. The van der Waals surface area contributed by atoms with Gasteiger partial charge in [0.15, 0.2) is 6.29 Å². The molecule has 0 aliphatic rings. The molecule has 3 N–H and O–H groups in total. The van der Waals surface area contributed by atoms with E-state index in [1.807, 2.05) is 0 Å². The molecule has 7 nitrogen and oxygen atoms in total. The third kappa shape index (κ3) is 5.49. The zero-order chi connectivity index (χ0) is 16.0. The fraction of sp³-hybridized carbons (Fsp3) is 0.500. The van der Waals surface area contributed by atoms with Gasteiger partial charge in [0.1, 0.15) is 17.8 Å². The quantitative estimate of drug-likeness (QED) is 0.694. The van der Waals surface area contributed by atoms with Gasteiger partial charge in [0.25, 0.3) is 0 Å². The second-order valence-corrected chi connectivity index (χ2v) is 5.49. The minimum Gasteiger partial charge on any atom is -0.444 e. The molecule has 0 aromatic carbocycles. The Balaban J connectivity index is 2.61. The molecule has 2 atom stereocenters. The zero-order valence-corrected chi connectivity index (χ0v) is 12.2. The predicted octanol–water partition coefficient (Wildman–Crippen LogP) is 0.813. The Hall–Kier alpha value is -1.99. The van der Waals surface area contributed by atoms with Crippen LogP contribution in [-0.2, 0) is 4.74 Å². The molecule has 116 valence electrons. The summed E-state index contributed by atoms with van der Waals surface area (Å²) in [5.41, 5.74) is -0.411. The molecule has 1 rings (SSSR count). The van der Waals surface area contributed by atoms with Gasteiger partial charge in [0, 0.05) is 18.3 Å². The number of aliphatic hydroxyl groups is 2. The highest BCUT2D eigenvalue weighted by Crippen LogP contribution is 2.17. The highest BCUT2D eigenvalue weighted by molar-refractivity contribution is 5.76. The first-order valence-electron chi connectivity index (χ1n) is 6.47. The lowest BCUT2D eigenvalue weighted by Gasteiger charge is -2.22. The molecule has 21 heavy (non-hydrogen) atoms. The number of hydrogen-bond acceptors (Lipinski definition) is 6. The van der Waals surface area contributed by atoms with E-state index in [0.29, 0.717) is 6.29 Å². The number of aliphatic hydroxyl groups excluding tert-OH is 2. The molecule has 1 amide bonds. The van der Waals surface area contributed by atoms with E-state index >= 15 is 0 Å². The van der Waals surface area contributed by atoms with Gasteiger partial charge in [-0.25, -0.2) is 4.79 Å². The number of aldehydes is 1. The van der Waals surface area contributed by atoms with Gasteiger partial charge in [-0.3, -0.25) is 9.78 Å². The average molecular weight is 296 g/mol. The molecule has 1 aromatic rings. The van der Waals surface area contributed by atoms with E-state index in [2.05, 4.69) is 10.3 Å². The summed E-state index contributed by atoms with van der Waals surface area (Å²) >= 11 is 0. The van der Waals surface area contributed by atoms with Gasteiger partial charge < -0.3 is 20.3 Å². The second-order valence-electron chi connectivity index (χ2n) is 5.49. The maximum atomic E-state index is 11.4. The number of carbonyl (C=O) groups is 2. The van der Waals surface area contributed by atoms with E-state index in [1.54, 1.807) is 26.8 Å². The lowest BCUT2D eigenvalue weighted by atomic mass is 10.1. The summed E-state index contributed by atoms with van der Waals surface area (Å²) in [5, 5.41) is 22.2. The normalized spacial score (nSPS) is 14.1. The number of hydrogen-bond donors (Lipinski definition) is 3. The Morgan fingerprint density at radius 3 is 2.71 bits per heavy atom. The first-order chi connectivity index (χ1) is 9.74. The maximum Gasteiger partial charge on any atom is 0.407 e. The van der Waals surface area contributed by atoms with Gasteiger partial charge in [-0.1, -0.05) is 0 Å². The van der Waals surface area contributed by atoms with Crippen LogP contribution in [0.2, 0.25) is 0 Å². The summed E-state index contributed by atoms with van der Waals surface area (Å²) < 4.78 is 5.00. The fourth-order valence-corrected chi connectivity index (χ4v) is 1.57. The van der Waals surface area contributed by atoms with Crippen molar-refractivity contribution in [2.75, 3.05) is 6.54 Å². The molecular formula is C14H20N2O5. The monoisotopic (exact) mass is 296 g/mol. The molecule has 0 aliphatic carbocycles. The Labute approximate surface area is 123 Å². The summed E-state index contributed by atoms with van der Waals surface area (Å²) in [6.07, 6.45) is -1.46. The van der Waals surface area contributed by atoms with Crippen molar-refractivity contribution in [1.29, 1.82) is 0 Å². The minimum atomic E-state index is -1.39. The Kier molecular flexibility index (Phi) is 5.80. The van der Waals surface area contributed by atoms with Crippen molar-refractivity contribution in [3.05, 3.63) is 29.6 Å². The van der Waals surface area contributed by atoms with Crippen LogP contribution in [0.5, 0.6) is 0 Å². The van der Waals surface area contributed by atoms with Crippen LogP contribution in [0.25, 0.3) is 0 Å². The number of nitrogens with one attached hydrogen (secondary N) is 1. The summed E-state index contributed by atoms with van der Waals surface area (Å²) in [6.45, 7) is 4.90. The number of alkyl carbamates (subject to hydrolysis) is 1. The van der Waals surface area contributed by atoms with Crippen LogP contribution in [0, 0.1) is 0 Å². The molecule has 2 unspecified atom stereocenters. The minimum absolute atomic E-state index is 0.0611. The topological polar surface area (TPSA) is 109 Å². The summed E-state index contributed by atoms with van der Waals surface area (Å²) in [5.74, 6) is 0. The number of carbonyl (C=O) groups excluding carboxylic acids is 2. The van der Waals surface area contributed by atoms with Crippen molar-refractivity contribution < 1.29 is 24.5 Å². The summed E-state index contributed by atoms with van der Waals surface area (Å²) in [4.78, 5) is 26.2. The lowest BCUT2D eigenvalue weighted by molar-refractivity contribution is 0.0105. The first-order valence-corrected chi connectivity index (χ1v) is 6.47. The zero-order valence-electron chi connectivity index (χ0n) is 12.2. The third-order valence-electron chi connectivity index (χ3n) is 2.50. The van der Waals surface area contributed by atoms with Gasteiger partial charge in [-0.15, -0.1) is 0 Å². The highest BCUT2D eigenvalue weighted by Gasteiger charge is 2.24. The number of pyridine rings is 1. The predicted molar refractivity (Wildman–Crippen MR) is 74.8 cm³/mol. The van der Waals surface area contributed by atoms with Crippen LogP contribution >= 0.6 is 0 Å². The molecule has 0 bridgehead atoms. The van der Waals surface area contributed by atoms with Crippen molar-refractivity contribution in [3.8, 4) is 0 Å². The molecule has 0 saturated heterocycles. The third-order valence-corrected chi connectivity index (χ3v) is 2.50. The van der Waals surface area contributed by atoms with Gasteiger partial charge in [-0.05, 0) is 32.9 Å². The number of ether oxygens (including phenoxy) is 1. The first kappa shape index (κ1) is 17.1. The molecule has 0 fully saturated rings. The summed E-state index contributed by atoms with van der Waals surface area (Å²) in [7, 11) is 0. The smallest absolute Gasteiger partial charge is 0.407 e. The molecule has 0 saturated carbocycles. The van der Waals surface area contributed by atoms with E-state index in [4.69, 9.17) is 4.74 Å². The van der Waals surface area contributed by atoms with E-state index in [9.17, 15) is 19.8 Å². The SMILES string of the molecule is CC(C)(C)OC(=O)NCC(O)C(O)c1ncccc1C=O. The molecule has 1 aromatic heterocycles. The number of rotatable bonds is 5. The lowest BCUT2D eigenvalue weighted by Crippen LogP contribution is -2.39. The van der Waals surface area contributed by atoms with Crippen molar-refractivity contribution in [3.63, 3.8) is 0 Å². The molecule has 7 heteroatoms. The van der Waals surface area contributed by atoms with Crippen LogP contribution in [0.4, 0.5) is 4.79 Å². The van der Waals surface area contributed by atoms with Crippen molar-refractivity contribution in [2.45, 2.75) is 38.6 Å². The number of nitrogens with zero attached hydrogens (tertiary/aromatic N) is 1. The largest absolute Gasteiger partial charge is 0.444 e.